The number of carboxylic acid groups (broad SMARTS) is 1. The first-order chi connectivity index (χ1) is 9.02. The van der Waals surface area contributed by atoms with Crippen molar-refractivity contribution in [2.75, 3.05) is 25.1 Å². The summed E-state index contributed by atoms with van der Waals surface area (Å²) in [7, 11) is 0. The second-order valence-corrected chi connectivity index (χ2v) is 3.51. The third kappa shape index (κ3) is 5.35. The van der Waals surface area contributed by atoms with Crippen LogP contribution in [0.5, 0.6) is 5.75 Å². The third-order valence-electron chi connectivity index (χ3n) is 1.97. The minimum Gasteiger partial charge on any atom is -0.491 e. The Morgan fingerprint density at radius 2 is 2.11 bits per heavy atom. The van der Waals surface area contributed by atoms with E-state index in [2.05, 4.69) is 10.1 Å². The Morgan fingerprint density at radius 1 is 1.37 bits per heavy atom. The number of benzene rings is 1. The van der Waals surface area contributed by atoms with Crippen molar-refractivity contribution in [3.63, 3.8) is 0 Å². The number of carboxylic acids is 1. The van der Waals surface area contributed by atoms with Gasteiger partial charge >= 0.3 is 5.97 Å². The zero-order valence-corrected chi connectivity index (χ0v) is 10.3. The summed E-state index contributed by atoms with van der Waals surface area (Å²) in [6, 6.07) is 3.98. The number of nitrogens with one attached hydrogen (secondary N) is 1. The number of halogens is 1. The van der Waals surface area contributed by atoms with Crippen molar-refractivity contribution in [1.82, 2.24) is 0 Å². The molecule has 7 heteroatoms. The number of hydrogen-bond donors (Lipinski definition) is 2. The number of carbonyl (C=O) groups excluding carboxylic acids is 1. The second kappa shape index (κ2) is 7.32. The molecule has 0 saturated heterocycles. The lowest BCUT2D eigenvalue weighted by atomic mass is 10.3. The highest BCUT2D eigenvalue weighted by atomic mass is 19.1. The standard InChI is InChI=1S/C12H14FNO5/c1-2-19-10-4-3-8(5-9(10)13)14-11(15)6-18-7-12(16)17/h3-5H,2,6-7H2,1H3,(H,14,15)(H,16,17). The molecule has 104 valence electrons. The average Bonchev–Trinajstić information content (AvgIpc) is 2.32. The zero-order chi connectivity index (χ0) is 14.3. The highest BCUT2D eigenvalue weighted by Gasteiger charge is 2.08. The van der Waals surface area contributed by atoms with E-state index in [4.69, 9.17) is 9.84 Å². The van der Waals surface area contributed by atoms with Gasteiger partial charge in [0.05, 0.1) is 6.61 Å². The van der Waals surface area contributed by atoms with Gasteiger partial charge in [0.25, 0.3) is 0 Å². The summed E-state index contributed by atoms with van der Waals surface area (Å²) in [6.07, 6.45) is 0. The molecule has 0 fully saturated rings. The molecule has 0 aliphatic rings. The predicted octanol–water partition coefficient (Wildman–Crippen LogP) is 1.26. The van der Waals surface area contributed by atoms with Crippen molar-refractivity contribution < 1.29 is 28.6 Å². The van der Waals surface area contributed by atoms with Gasteiger partial charge in [0.15, 0.2) is 11.6 Å². The Kier molecular flexibility index (Phi) is 5.74. The predicted molar refractivity (Wildman–Crippen MR) is 64.7 cm³/mol. The van der Waals surface area contributed by atoms with Gasteiger partial charge in [-0.3, -0.25) is 4.79 Å². The first-order valence-electron chi connectivity index (χ1n) is 5.54. The molecule has 1 rings (SSSR count). The normalized spacial score (nSPS) is 10.0. The van der Waals surface area contributed by atoms with Crippen molar-refractivity contribution in [3.8, 4) is 5.75 Å². The molecule has 0 saturated carbocycles. The number of ether oxygens (including phenoxy) is 2. The summed E-state index contributed by atoms with van der Waals surface area (Å²) in [4.78, 5) is 21.5. The molecular weight excluding hydrogens is 257 g/mol. The van der Waals surface area contributed by atoms with Gasteiger partial charge in [0.1, 0.15) is 13.2 Å². The fourth-order valence-corrected chi connectivity index (χ4v) is 1.28. The van der Waals surface area contributed by atoms with E-state index in [0.29, 0.717) is 6.61 Å². The number of amides is 1. The van der Waals surface area contributed by atoms with Gasteiger partial charge < -0.3 is 19.9 Å². The largest absolute Gasteiger partial charge is 0.491 e. The summed E-state index contributed by atoms with van der Waals surface area (Å²) < 4.78 is 23.1. The maximum atomic E-state index is 13.5. The Labute approximate surface area is 109 Å². The maximum absolute atomic E-state index is 13.5. The Balaban J connectivity index is 2.50. The zero-order valence-electron chi connectivity index (χ0n) is 10.3. The van der Waals surface area contributed by atoms with Crippen LogP contribution in [0.2, 0.25) is 0 Å². The van der Waals surface area contributed by atoms with E-state index in [0.717, 1.165) is 6.07 Å². The van der Waals surface area contributed by atoms with Crippen LogP contribution in [0.4, 0.5) is 10.1 Å². The Hall–Kier alpha value is -2.15. The summed E-state index contributed by atoms with van der Waals surface area (Å²) in [6.45, 7) is 1.09. The van der Waals surface area contributed by atoms with Gasteiger partial charge in [-0.05, 0) is 19.1 Å². The fraction of sp³-hybridized carbons (Fsp3) is 0.333. The van der Waals surface area contributed by atoms with Crippen LogP contribution < -0.4 is 10.1 Å². The monoisotopic (exact) mass is 271 g/mol. The van der Waals surface area contributed by atoms with E-state index in [1.54, 1.807) is 6.92 Å². The van der Waals surface area contributed by atoms with Crippen molar-refractivity contribution in [2.24, 2.45) is 0 Å². The van der Waals surface area contributed by atoms with E-state index in [-0.39, 0.29) is 11.4 Å². The van der Waals surface area contributed by atoms with Gasteiger partial charge in [-0.15, -0.1) is 0 Å². The maximum Gasteiger partial charge on any atom is 0.329 e. The second-order valence-electron chi connectivity index (χ2n) is 3.51. The number of hydrogen-bond acceptors (Lipinski definition) is 4. The Bertz CT molecular complexity index is 463. The minimum absolute atomic E-state index is 0.0997. The highest BCUT2D eigenvalue weighted by molar-refractivity contribution is 5.91. The van der Waals surface area contributed by atoms with E-state index in [9.17, 15) is 14.0 Å². The SMILES string of the molecule is CCOc1ccc(NC(=O)COCC(=O)O)cc1F. The van der Waals surface area contributed by atoms with Crippen molar-refractivity contribution >= 4 is 17.6 Å². The van der Waals surface area contributed by atoms with Gasteiger partial charge in [0.2, 0.25) is 5.91 Å². The lowest BCUT2D eigenvalue weighted by Crippen LogP contribution is -2.20. The summed E-state index contributed by atoms with van der Waals surface area (Å²) in [5, 5.41) is 10.7. The minimum atomic E-state index is -1.17. The quantitative estimate of drug-likeness (QED) is 0.780. The molecule has 1 aromatic carbocycles. The molecule has 0 aliphatic heterocycles. The van der Waals surface area contributed by atoms with Crippen LogP contribution in [-0.2, 0) is 14.3 Å². The van der Waals surface area contributed by atoms with Crippen LogP contribution in [0.3, 0.4) is 0 Å². The van der Waals surface area contributed by atoms with Crippen molar-refractivity contribution in [3.05, 3.63) is 24.0 Å². The number of carbonyl (C=O) groups is 2. The summed E-state index contributed by atoms with van der Waals surface area (Å²) in [5.41, 5.74) is 0.241. The summed E-state index contributed by atoms with van der Waals surface area (Å²) >= 11 is 0. The topological polar surface area (TPSA) is 84.9 Å². The average molecular weight is 271 g/mol. The van der Waals surface area contributed by atoms with Crippen LogP contribution in [0, 0.1) is 5.82 Å². The molecule has 1 amide bonds. The Morgan fingerprint density at radius 3 is 2.68 bits per heavy atom. The van der Waals surface area contributed by atoms with Crippen LogP contribution in [-0.4, -0.2) is 36.8 Å². The lowest BCUT2D eigenvalue weighted by Gasteiger charge is -2.08. The van der Waals surface area contributed by atoms with Gasteiger partial charge in [0, 0.05) is 11.8 Å². The molecule has 6 nitrogen and oxygen atoms in total. The number of rotatable bonds is 7. The first-order valence-corrected chi connectivity index (χ1v) is 5.54. The van der Waals surface area contributed by atoms with E-state index >= 15 is 0 Å². The first kappa shape index (κ1) is 14.9. The molecule has 0 radical (unpaired) electrons. The molecule has 0 unspecified atom stereocenters. The lowest BCUT2D eigenvalue weighted by molar-refractivity contribution is -0.143. The van der Waals surface area contributed by atoms with Gasteiger partial charge in [-0.25, -0.2) is 9.18 Å². The number of anilines is 1. The molecule has 2 N–H and O–H groups in total. The molecule has 0 spiro atoms. The van der Waals surface area contributed by atoms with Crippen LogP contribution >= 0.6 is 0 Å². The van der Waals surface area contributed by atoms with Gasteiger partial charge in [-0.1, -0.05) is 0 Å². The molecule has 0 bridgehead atoms. The van der Waals surface area contributed by atoms with E-state index in [1.165, 1.54) is 12.1 Å². The van der Waals surface area contributed by atoms with Crippen LogP contribution in [0.15, 0.2) is 18.2 Å². The summed E-state index contributed by atoms with van der Waals surface area (Å²) in [5.74, 6) is -2.22. The van der Waals surface area contributed by atoms with E-state index < -0.39 is 30.9 Å². The van der Waals surface area contributed by atoms with Gasteiger partial charge in [-0.2, -0.15) is 0 Å². The molecule has 0 atom stereocenters. The van der Waals surface area contributed by atoms with E-state index in [1.807, 2.05) is 0 Å². The molecule has 0 aliphatic carbocycles. The molecular formula is C12H14FNO5. The van der Waals surface area contributed by atoms with Crippen molar-refractivity contribution in [1.29, 1.82) is 0 Å². The molecule has 1 aromatic rings. The molecule has 19 heavy (non-hydrogen) atoms. The fourth-order valence-electron chi connectivity index (χ4n) is 1.28. The molecule has 0 aromatic heterocycles. The van der Waals surface area contributed by atoms with Crippen LogP contribution in [0.25, 0.3) is 0 Å². The van der Waals surface area contributed by atoms with Crippen molar-refractivity contribution in [2.45, 2.75) is 6.92 Å². The number of aliphatic carboxylic acids is 1. The third-order valence-corrected chi connectivity index (χ3v) is 1.97. The highest BCUT2D eigenvalue weighted by Crippen LogP contribution is 2.20. The smallest absolute Gasteiger partial charge is 0.329 e. The molecule has 0 heterocycles. The van der Waals surface area contributed by atoms with Crippen LogP contribution in [0.1, 0.15) is 6.92 Å².